The number of anilines is 1. The fourth-order valence-corrected chi connectivity index (χ4v) is 4.44. The van der Waals surface area contributed by atoms with E-state index >= 15 is 0 Å². The predicted molar refractivity (Wildman–Crippen MR) is 87.5 cm³/mol. The average Bonchev–Trinajstić information content (AvgIpc) is 2.78. The topological polar surface area (TPSA) is 44.8 Å². The molecule has 2 heterocycles. The zero-order valence-corrected chi connectivity index (χ0v) is 14.2. The smallest absolute Gasteiger partial charge is 0.410 e. The van der Waals surface area contributed by atoms with Crippen molar-refractivity contribution in [2.75, 3.05) is 32.6 Å². The van der Waals surface area contributed by atoms with Crippen LogP contribution >= 0.6 is 0 Å². The molecule has 1 amide bonds. The molecule has 2 aliphatic rings. The van der Waals surface area contributed by atoms with Crippen molar-refractivity contribution in [2.24, 2.45) is 5.41 Å². The number of rotatable bonds is 1. The lowest BCUT2D eigenvalue weighted by Gasteiger charge is -2.38. The number of fused-ring (bicyclic) bond motifs is 3. The lowest BCUT2D eigenvalue weighted by molar-refractivity contribution is 0.202. The Hall–Kier alpha value is -1.75. The van der Waals surface area contributed by atoms with Crippen molar-refractivity contribution in [3.8, 4) is 5.75 Å². The summed E-state index contributed by atoms with van der Waals surface area (Å²) in [6.07, 6.45) is -0.108. The van der Waals surface area contributed by atoms with E-state index in [0.29, 0.717) is 11.9 Å². The quantitative estimate of drug-likeness (QED) is 0.865. The first kappa shape index (κ1) is 15.2. The van der Waals surface area contributed by atoms with Crippen LogP contribution in [0, 0.1) is 5.41 Å². The Labute approximate surface area is 132 Å². The summed E-state index contributed by atoms with van der Waals surface area (Å²) in [6, 6.07) is 5.95. The third-order valence-electron chi connectivity index (χ3n) is 5.67. The van der Waals surface area contributed by atoms with Gasteiger partial charge >= 0.3 is 6.09 Å². The van der Waals surface area contributed by atoms with Crippen LogP contribution in [0.1, 0.15) is 26.3 Å². The van der Waals surface area contributed by atoms with Crippen LogP contribution in [0.5, 0.6) is 5.75 Å². The summed E-state index contributed by atoms with van der Waals surface area (Å²) in [4.78, 5) is 16.2. The van der Waals surface area contributed by atoms with Crippen LogP contribution in [0.15, 0.2) is 18.2 Å². The molecule has 0 aliphatic carbocycles. The molecule has 1 fully saturated rings. The van der Waals surface area contributed by atoms with Crippen molar-refractivity contribution in [3.05, 3.63) is 23.8 Å². The fraction of sp³-hybridized carbons (Fsp3) is 0.588. The lowest BCUT2D eigenvalue weighted by atomic mass is 9.65. The number of nitrogens with one attached hydrogen (secondary N) is 1. The first-order chi connectivity index (χ1) is 10.2. The molecule has 0 spiro atoms. The van der Waals surface area contributed by atoms with Crippen molar-refractivity contribution >= 4 is 11.8 Å². The molecule has 1 aromatic carbocycles. The second kappa shape index (κ2) is 4.62. The lowest BCUT2D eigenvalue weighted by Crippen LogP contribution is -2.48. The highest BCUT2D eigenvalue weighted by atomic mass is 16.5. The zero-order chi connectivity index (χ0) is 16.3. The van der Waals surface area contributed by atoms with E-state index in [1.54, 1.807) is 7.05 Å². The molecule has 120 valence electrons. The van der Waals surface area contributed by atoms with E-state index in [2.05, 4.69) is 56.0 Å². The van der Waals surface area contributed by atoms with Crippen LogP contribution < -0.4 is 15.0 Å². The van der Waals surface area contributed by atoms with Crippen molar-refractivity contribution in [3.63, 3.8) is 0 Å². The predicted octanol–water partition coefficient (Wildman–Crippen LogP) is 2.41. The van der Waals surface area contributed by atoms with Gasteiger partial charge < -0.3 is 15.0 Å². The summed E-state index contributed by atoms with van der Waals surface area (Å²) in [5.41, 5.74) is 2.61. The number of carbonyl (C=O) groups is 1. The Balaban J connectivity index is 2.10. The molecule has 22 heavy (non-hydrogen) atoms. The van der Waals surface area contributed by atoms with Gasteiger partial charge in [-0.3, -0.25) is 4.90 Å². The van der Waals surface area contributed by atoms with Gasteiger partial charge in [0.2, 0.25) is 0 Å². The number of hydrogen-bond acceptors (Lipinski definition) is 4. The molecule has 2 aliphatic heterocycles. The van der Waals surface area contributed by atoms with Crippen LogP contribution in [0.25, 0.3) is 0 Å². The molecule has 0 radical (unpaired) electrons. The maximum Gasteiger partial charge on any atom is 0.412 e. The van der Waals surface area contributed by atoms with Crippen molar-refractivity contribution in [2.45, 2.75) is 32.4 Å². The van der Waals surface area contributed by atoms with Gasteiger partial charge in [-0.1, -0.05) is 20.8 Å². The summed E-state index contributed by atoms with van der Waals surface area (Å²) >= 11 is 0. The molecule has 5 nitrogen and oxygen atoms in total. The second-order valence-electron chi connectivity index (χ2n) is 7.30. The summed E-state index contributed by atoms with van der Waals surface area (Å²) in [5.74, 6) is 0.596. The van der Waals surface area contributed by atoms with E-state index in [-0.39, 0.29) is 10.8 Å². The Bertz CT molecular complexity index is 628. The highest BCUT2D eigenvalue weighted by molar-refractivity contribution is 5.72. The van der Waals surface area contributed by atoms with Gasteiger partial charge in [0.05, 0.1) is 6.17 Å². The molecular weight excluding hydrogens is 278 g/mol. The van der Waals surface area contributed by atoms with Crippen LogP contribution in [0.2, 0.25) is 0 Å². The molecule has 1 aromatic rings. The second-order valence-corrected chi connectivity index (χ2v) is 7.30. The molecule has 2 unspecified atom stereocenters. The Kier molecular flexibility index (Phi) is 3.18. The van der Waals surface area contributed by atoms with E-state index in [4.69, 9.17) is 4.74 Å². The van der Waals surface area contributed by atoms with Crippen LogP contribution in [0.4, 0.5) is 10.5 Å². The van der Waals surface area contributed by atoms with E-state index in [0.717, 1.165) is 6.54 Å². The summed E-state index contributed by atoms with van der Waals surface area (Å²) < 4.78 is 5.33. The van der Waals surface area contributed by atoms with E-state index < -0.39 is 6.09 Å². The Morgan fingerprint density at radius 2 is 2.00 bits per heavy atom. The van der Waals surface area contributed by atoms with E-state index in [1.807, 2.05) is 12.1 Å². The minimum absolute atomic E-state index is 0.00606. The Morgan fingerprint density at radius 1 is 1.32 bits per heavy atom. The van der Waals surface area contributed by atoms with E-state index in [9.17, 15) is 4.79 Å². The minimum atomic E-state index is -0.434. The highest BCUT2D eigenvalue weighted by Gasteiger charge is 2.61. The Morgan fingerprint density at radius 3 is 2.64 bits per heavy atom. The first-order valence-electron chi connectivity index (χ1n) is 7.69. The van der Waals surface area contributed by atoms with Gasteiger partial charge in [0.15, 0.2) is 0 Å². The normalized spacial score (nSPS) is 29.2. The SMILES string of the molecule is CNC(=O)Oc1ccc2c(c1)C1(C)C(N(C)CC1(C)C)N2C. The summed E-state index contributed by atoms with van der Waals surface area (Å²) in [6.45, 7) is 8.00. The molecule has 1 saturated heterocycles. The number of carbonyl (C=O) groups excluding carboxylic acids is 1. The number of likely N-dealkylation sites (tertiary alicyclic amines) is 1. The van der Waals surface area contributed by atoms with Gasteiger partial charge in [0.25, 0.3) is 0 Å². The van der Waals surface area contributed by atoms with E-state index in [1.165, 1.54) is 11.3 Å². The molecule has 0 aromatic heterocycles. The van der Waals surface area contributed by atoms with Gasteiger partial charge in [0, 0.05) is 31.7 Å². The molecular formula is C17H25N3O2. The molecule has 0 saturated carbocycles. The van der Waals surface area contributed by atoms with Gasteiger partial charge in [-0.05, 0) is 36.2 Å². The van der Waals surface area contributed by atoms with Gasteiger partial charge in [-0.15, -0.1) is 0 Å². The zero-order valence-electron chi connectivity index (χ0n) is 14.2. The number of amides is 1. The van der Waals surface area contributed by atoms with Gasteiger partial charge in [0.1, 0.15) is 5.75 Å². The number of likely N-dealkylation sites (N-methyl/N-ethyl adjacent to an activating group) is 2. The third kappa shape index (κ3) is 1.78. The number of ether oxygens (including phenoxy) is 1. The summed E-state index contributed by atoms with van der Waals surface area (Å²) in [7, 11) is 5.89. The van der Waals surface area contributed by atoms with Crippen molar-refractivity contribution in [1.29, 1.82) is 0 Å². The molecule has 1 N–H and O–H groups in total. The average molecular weight is 303 g/mol. The maximum atomic E-state index is 11.5. The van der Waals surface area contributed by atoms with Crippen LogP contribution in [-0.4, -0.2) is 44.8 Å². The fourth-order valence-electron chi connectivity index (χ4n) is 4.44. The largest absolute Gasteiger partial charge is 0.412 e. The minimum Gasteiger partial charge on any atom is -0.410 e. The maximum absolute atomic E-state index is 11.5. The number of nitrogens with zero attached hydrogens (tertiary/aromatic N) is 2. The van der Waals surface area contributed by atoms with Gasteiger partial charge in [-0.2, -0.15) is 0 Å². The molecule has 0 bridgehead atoms. The van der Waals surface area contributed by atoms with Crippen LogP contribution in [-0.2, 0) is 5.41 Å². The summed E-state index contributed by atoms with van der Waals surface area (Å²) in [5, 5.41) is 2.49. The van der Waals surface area contributed by atoms with Crippen molar-refractivity contribution < 1.29 is 9.53 Å². The van der Waals surface area contributed by atoms with Crippen LogP contribution in [0.3, 0.4) is 0 Å². The third-order valence-corrected chi connectivity index (χ3v) is 5.67. The molecule has 5 heteroatoms. The monoisotopic (exact) mass is 303 g/mol. The highest BCUT2D eigenvalue weighted by Crippen LogP contribution is 2.59. The number of benzene rings is 1. The van der Waals surface area contributed by atoms with Crippen molar-refractivity contribution in [1.82, 2.24) is 10.2 Å². The molecule has 3 rings (SSSR count). The van der Waals surface area contributed by atoms with Gasteiger partial charge in [-0.25, -0.2) is 4.79 Å². The standard InChI is InChI=1S/C17H25N3O2/c1-16(2)10-19(5)14-17(16,3)12-9-11(22-15(21)18-4)7-8-13(12)20(14)6/h7-9,14H,10H2,1-6H3,(H,18,21). The number of hydrogen-bond donors (Lipinski definition) is 1. The molecule has 2 atom stereocenters. The first-order valence-corrected chi connectivity index (χ1v) is 7.69.